The lowest BCUT2D eigenvalue weighted by Crippen LogP contribution is -2.13. The number of hydrogen-bond donors (Lipinski definition) is 2. The molecule has 0 unspecified atom stereocenters. The number of aromatic nitrogens is 1. The summed E-state index contributed by atoms with van der Waals surface area (Å²) in [6, 6.07) is 16.3. The van der Waals surface area contributed by atoms with Crippen molar-refractivity contribution in [1.82, 2.24) is 4.98 Å². The Kier molecular flexibility index (Phi) is 4.80. The summed E-state index contributed by atoms with van der Waals surface area (Å²) in [5.74, 6) is 1.40. The van der Waals surface area contributed by atoms with Gasteiger partial charge >= 0.3 is 0 Å². The van der Waals surface area contributed by atoms with Crippen molar-refractivity contribution in [1.29, 1.82) is 0 Å². The van der Waals surface area contributed by atoms with Crippen molar-refractivity contribution in [2.45, 2.75) is 6.54 Å². The first kappa shape index (κ1) is 17.2. The van der Waals surface area contributed by atoms with Crippen LogP contribution in [0.3, 0.4) is 0 Å². The zero-order valence-corrected chi connectivity index (χ0v) is 15.0. The first-order valence-corrected chi connectivity index (χ1v) is 8.71. The van der Waals surface area contributed by atoms with Crippen molar-refractivity contribution in [2.24, 2.45) is 0 Å². The van der Waals surface area contributed by atoms with E-state index in [2.05, 4.69) is 15.6 Å². The predicted molar refractivity (Wildman–Crippen MR) is 104 cm³/mol. The lowest BCUT2D eigenvalue weighted by Gasteiger charge is -2.09. The van der Waals surface area contributed by atoms with Crippen molar-refractivity contribution < 1.29 is 14.3 Å². The van der Waals surface area contributed by atoms with E-state index in [9.17, 15) is 4.79 Å². The van der Waals surface area contributed by atoms with Gasteiger partial charge in [0.15, 0.2) is 11.5 Å². The highest BCUT2D eigenvalue weighted by Crippen LogP contribution is 2.32. The second kappa shape index (κ2) is 7.55. The number of fused-ring (bicyclic) bond motifs is 1. The van der Waals surface area contributed by atoms with E-state index in [1.807, 2.05) is 30.3 Å². The molecule has 0 aliphatic carbocycles. The van der Waals surface area contributed by atoms with Gasteiger partial charge in [-0.15, -0.1) is 0 Å². The molecule has 4 rings (SSSR count). The van der Waals surface area contributed by atoms with Gasteiger partial charge in [0.05, 0.1) is 11.9 Å². The Morgan fingerprint density at radius 1 is 1.07 bits per heavy atom. The summed E-state index contributed by atoms with van der Waals surface area (Å²) in [5, 5.41) is 6.73. The smallest absolute Gasteiger partial charge is 0.256 e. The zero-order valence-electron chi connectivity index (χ0n) is 14.2. The van der Waals surface area contributed by atoms with E-state index in [-0.39, 0.29) is 12.7 Å². The summed E-state index contributed by atoms with van der Waals surface area (Å²) in [7, 11) is 0. The van der Waals surface area contributed by atoms with E-state index in [0.717, 1.165) is 11.3 Å². The maximum absolute atomic E-state index is 12.4. The summed E-state index contributed by atoms with van der Waals surface area (Å²) in [6.45, 7) is 0.759. The summed E-state index contributed by atoms with van der Waals surface area (Å²) in [5.41, 5.74) is 2.30. The van der Waals surface area contributed by atoms with E-state index < -0.39 is 0 Å². The monoisotopic (exact) mass is 381 g/mol. The molecule has 2 heterocycles. The molecule has 136 valence electrons. The number of anilines is 2. The minimum Gasteiger partial charge on any atom is -0.454 e. The number of amides is 1. The van der Waals surface area contributed by atoms with Crippen LogP contribution in [0.15, 0.2) is 60.8 Å². The Bertz CT molecular complexity index is 976. The van der Waals surface area contributed by atoms with Crippen LogP contribution in [0, 0.1) is 0 Å². The van der Waals surface area contributed by atoms with Gasteiger partial charge < -0.3 is 20.1 Å². The van der Waals surface area contributed by atoms with E-state index in [1.54, 1.807) is 30.5 Å². The summed E-state index contributed by atoms with van der Waals surface area (Å²) in [4.78, 5) is 16.6. The molecule has 0 atom stereocenters. The van der Waals surface area contributed by atoms with Gasteiger partial charge in [0, 0.05) is 17.1 Å². The Morgan fingerprint density at radius 2 is 1.93 bits per heavy atom. The molecular weight excluding hydrogens is 366 g/mol. The van der Waals surface area contributed by atoms with E-state index >= 15 is 0 Å². The molecular formula is C20H16ClN3O3. The van der Waals surface area contributed by atoms with Crippen molar-refractivity contribution in [2.75, 3.05) is 17.4 Å². The van der Waals surface area contributed by atoms with Gasteiger partial charge in [-0.25, -0.2) is 4.98 Å². The third-order valence-corrected chi connectivity index (χ3v) is 4.45. The predicted octanol–water partition coefficient (Wildman–Crippen LogP) is 4.33. The second-order valence-corrected chi connectivity index (χ2v) is 6.31. The van der Waals surface area contributed by atoms with Crippen molar-refractivity contribution >= 4 is 29.0 Å². The van der Waals surface area contributed by atoms with E-state index in [4.69, 9.17) is 21.1 Å². The minimum atomic E-state index is -0.266. The summed E-state index contributed by atoms with van der Waals surface area (Å²) < 4.78 is 10.5. The highest BCUT2D eigenvalue weighted by Gasteiger charge is 2.16. The van der Waals surface area contributed by atoms with Crippen LogP contribution in [0.1, 0.15) is 15.9 Å². The first-order chi connectivity index (χ1) is 13.2. The molecule has 1 aromatic heterocycles. The molecule has 6 nitrogen and oxygen atoms in total. The third kappa shape index (κ3) is 3.96. The van der Waals surface area contributed by atoms with Crippen LogP contribution in [0.5, 0.6) is 11.5 Å². The quantitative estimate of drug-likeness (QED) is 0.688. The minimum absolute atomic E-state index is 0.171. The van der Waals surface area contributed by atoms with Gasteiger partial charge in [0.1, 0.15) is 5.82 Å². The maximum atomic E-state index is 12.4. The van der Waals surface area contributed by atoms with Crippen molar-refractivity contribution in [3.63, 3.8) is 0 Å². The number of ether oxygens (including phenoxy) is 2. The highest BCUT2D eigenvalue weighted by molar-refractivity contribution is 6.31. The molecule has 1 amide bonds. The molecule has 3 aromatic rings. The Hall–Kier alpha value is -3.25. The molecule has 2 aromatic carbocycles. The maximum Gasteiger partial charge on any atom is 0.256 e. The van der Waals surface area contributed by atoms with Gasteiger partial charge in [-0.3, -0.25) is 4.79 Å². The van der Waals surface area contributed by atoms with Crippen LogP contribution in [0.2, 0.25) is 5.02 Å². The normalized spacial score (nSPS) is 11.9. The highest BCUT2D eigenvalue weighted by atomic mass is 35.5. The molecule has 0 bridgehead atoms. The van der Waals surface area contributed by atoms with E-state index in [0.29, 0.717) is 34.4 Å². The summed E-state index contributed by atoms with van der Waals surface area (Å²) >= 11 is 6.15. The third-order valence-electron chi connectivity index (χ3n) is 4.08. The summed E-state index contributed by atoms with van der Waals surface area (Å²) in [6.07, 6.45) is 1.66. The number of hydrogen-bond acceptors (Lipinski definition) is 5. The number of rotatable bonds is 5. The Morgan fingerprint density at radius 3 is 2.74 bits per heavy atom. The lowest BCUT2D eigenvalue weighted by molar-refractivity contribution is 0.102. The number of nitrogens with one attached hydrogen (secondary N) is 2. The first-order valence-electron chi connectivity index (χ1n) is 8.33. The average Bonchev–Trinajstić information content (AvgIpc) is 3.16. The molecule has 1 aliphatic rings. The fraction of sp³-hybridized carbons (Fsp3) is 0.100. The second-order valence-electron chi connectivity index (χ2n) is 5.90. The average molecular weight is 382 g/mol. The van der Waals surface area contributed by atoms with Crippen LogP contribution < -0.4 is 20.1 Å². The number of nitrogens with zero attached hydrogens (tertiary/aromatic N) is 1. The molecule has 1 aliphatic heterocycles. The molecule has 27 heavy (non-hydrogen) atoms. The Labute approximate surface area is 161 Å². The number of carbonyl (C=O) groups excluding carboxylic acids is 1. The number of pyridine rings is 1. The number of carbonyl (C=O) groups is 1. The molecule has 0 fully saturated rings. The van der Waals surface area contributed by atoms with Gasteiger partial charge in [-0.2, -0.15) is 0 Å². The standard InChI is InChI=1S/C20H16ClN3O3/c21-16-4-2-1-3-14(16)10-22-15-6-8-19(23-11-15)24-20(25)13-5-7-17-18(9-13)27-12-26-17/h1-9,11,22H,10,12H2,(H,23,24,25). The van der Waals surface area contributed by atoms with Crippen LogP contribution in [-0.2, 0) is 6.54 Å². The van der Waals surface area contributed by atoms with Crippen molar-refractivity contribution in [3.8, 4) is 11.5 Å². The number of benzene rings is 2. The fourth-order valence-corrected chi connectivity index (χ4v) is 2.84. The molecule has 7 heteroatoms. The van der Waals surface area contributed by atoms with E-state index in [1.165, 1.54) is 0 Å². The largest absolute Gasteiger partial charge is 0.454 e. The van der Waals surface area contributed by atoms with Crippen LogP contribution in [0.4, 0.5) is 11.5 Å². The molecule has 2 N–H and O–H groups in total. The van der Waals surface area contributed by atoms with Gasteiger partial charge in [-0.1, -0.05) is 29.8 Å². The van der Waals surface area contributed by atoms with Crippen LogP contribution >= 0.6 is 11.6 Å². The molecule has 0 saturated carbocycles. The SMILES string of the molecule is O=C(Nc1ccc(NCc2ccccc2Cl)cn1)c1ccc2c(c1)OCO2. The van der Waals surface area contributed by atoms with Gasteiger partial charge in [0.2, 0.25) is 6.79 Å². The number of halogens is 1. The van der Waals surface area contributed by atoms with Crippen molar-refractivity contribution in [3.05, 3.63) is 76.9 Å². The molecule has 0 spiro atoms. The zero-order chi connectivity index (χ0) is 18.6. The lowest BCUT2D eigenvalue weighted by atomic mass is 10.2. The van der Waals surface area contributed by atoms with Crippen LogP contribution in [-0.4, -0.2) is 17.7 Å². The Balaban J connectivity index is 1.37. The fourth-order valence-electron chi connectivity index (χ4n) is 2.64. The topological polar surface area (TPSA) is 72.5 Å². The molecule has 0 saturated heterocycles. The van der Waals surface area contributed by atoms with Crippen LogP contribution in [0.25, 0.3) is 0 Å². The van der Waals surface area contributed by atoms with Gasteiger partial charge in [-0.05, 0) is 42.0 Å². The molecule has 0 radical (unpaired) electrons. The van der Waals surface area contributed by atoms with Gasteiger partial charge in [0.25, 0.3) is 5.91 Å².